The van der Waals surface area contributed by atoms with Gasteiger partial charge >= 0.3 is 5.97 Å². The number of rotatable bonds is 7. The second-order valence-corrected chi connectivity index (χ2v) is 9.23. The Morgan fingerprint density at radius 2 is 1.65 bits per heavy atom. The molecule has 4 rings (SSSR count). The maximum atomic E-state index is 15.2. The predicted molar refractivity (Wildman–Crippen MR) is 134 cm³/mol. The predicted octanol–water partition coefficient (Wildman–Crippen LogP) is 7.17. The quantitative estimate of drug-likeness (QED) is 0.301. The highest BCUT2D eigenvalue weighted by Gasteiger charge is 2.19. The molecule has 1 saturated carbocycles. The summed E-state index contributed by atoms with van der Waals surface area (Å²) >= 11 is 0. The zero-order valence-electron chi connectivity index (χ0n) is 19.6. The molecular formula is C30H31FO3. The minimum atomic E-state index is -0.547. The Bertz CT molecular complexity index is 1160. The molecule has 1 aliphatic carbocycles. The molecule has 0 aliphatic heterocycles. The number of ether oxygens (including phenoxy) is 1. The van der Waals surface area contributed by atoms with Crippen LogP contribution in [0.2, 0.25) is 0 Å². The summed E-state index contributed by atoms with van der Waals surface area (Å²) in [4.78, 5) is 11.4. The molecule has 176 valence electrons. The lowest BCUT2D eigenvalue weighted by atomic mass is 9.79. The molecule has 0 spiro atoms. The largest absolute Gasteiger partial charge is 0.458 e. The van der Waals surface area contributed by atoms with Crippen LogP contribution in [0.3, 0.4) is 0 Å². The summed E-state index contributed by atoms with van der Waals surface area (Å²) in [6.07, 6.45) is 6.15. The second kappa shape index (κ2) is 10.8. The van der Waals surface area contributed by atoms with Gasteiger partial charge in [0.2, 0.25) is 0 Å². The van der Waals surface area contributed by atoms with Crippen LogP contribution in [-0.2, 0) is 22.7 Å². The number of halogens is 1. The van der Waals surface area contributed by atoms with Crippen molar-refractivity contribution in [2.45, 2.75) is 51.7 Å². The maximum absolute atomic E-state index is 15.2. The van der Waals surface area contributed by atoms with E-state index in [4.69, 9.17) is 4.74 Å². The van der Waals surface area contributed by atoms with Crippen molar-refractivity contribution in [2.75, 3.05) is 0 Å². The van der Waals surface area contributed by atoms with Crippen LogP contribution in [0, 0.1) is 11.7 Å². The summed E-state index contributed by atoms with van der Waals surface area (Å²) in [5.41, 5.74) is 5.58. The molecule has 3 nitrogen and oxygen atoms in total. The van der Waals surface area contributed by atoms with Crippen LogP contribution in [0.5, 0.6) is 0 Å². The Labute approximate surface area is 200 Å². The Morgan fingerprint density at radius 1 is 0.971 bits per heavy atom. The zero-order chi connectivity index (χ0) is 24.1. The van der Waals surface area contributed by atoms with Crippen LogP contribution in [0.15, 0.2) is 73.3 Å². The van der Waals surface area contributed by atoms with Crippen molar-refractivity contribution in [2.24, 2.45) is 5.92 Å². The van der Waals surface area contributed by atoms with E-state index in [1.54, 1.807) is 30.3 Å². The van der Waals surface area contributed by atoms with Crippen LogP contribution >= 0.6 is 0 Å². The molecule has 0 aromatic heterocycles. The lowest BCUT2D eigenvalue weighted by molar-refractivity contribution is -0.139. The number of hydrogen-bond acceptors (Lipinski definition) is 3. The highest BCUT2D eigenvalue weighted by atomic mass is 19.1. The van der Waals surface area contributed by atoms with Gasteiger partial charge in [-0.3, -0.25) is 0 Å². The fraction of sp³-hybridized carbons (Fsp3) is 0.300. The summed E-state index contributed by atoms with van der Waals surface area (Å²) in [6, 6.07) is 19.0. The van der Waals surface area contributed by atoms with Crippen LogP contribution in [0.4, 0.5) is 4.39 Å². The van der Waals surface area contributed by atoms with Crippen molar-refractivity contribution >= 4 is 5.97 Å². The Morgan fingerprint density at radius 3 is 2.29 bits per heavy atom. The Hall–Kier alpha value is -3.24. The fourth-order valence-corrected chi connectivity index (χ4v) is 4.76. The fourth-order valence-electron chi connectivity index (χ4n) is 4.76. The third-order valence-corrected chi connectivity index (χ3v) is 6.92. The van der Waals surface area contributed by atoms with Gasteiger partial charge in [0.25, 0.3) is 0 Å². The average molecular weight is 459 g/mol. The molecule has 0 unspecified atom stereocenters. The molecule has 0 radical (unpaired) electrons. The van der Waals surface area contributed by atoms with E-state index < -0.39 is 5.97 Å². The number of carbonyl (C=O) groups excluding carboxylic acids is 1. The normalized spacial score (nSPS) is 17.9. The number of carbonyl (C=O) groups is 1. The topological polar surface area (TPSA) is 46.5 Å². The molecule has 0 atom stereocenters. The molecule has 3 aromatic rings. The van der Waals surface area contributed by atoms with Crippen LogP contribution in [0.25, 0.3) is 22.3 Å². The molecular weight excluding hydrogens is 427 g/mol. The van der Waals surface area contributed by atoms with Gasteiger partial charge in [-0.05, 0) is 70.2 Å². The second-order valence-electron chi connectivity index (χ2n) is 9.23. The van der Waals surface area contributed by atoms with E-state index in [9.17, 15) is 9.90 Å². The lowest BCUT2D eigenvalue weighted by Gasteiger charge is -2.26. The van der Waals surface area contributed by atoms with Crippen molar-refractivity contribution < 1.29 is 19.0 Å². The Kier molecular flexibility index (Phi) is 7.59. The number of benzene rings is 3. The van der Waals surface area contributed by atoms with E-state index in [-0.39, 0.29) is 19.0 Å². The van der Waals surface area contributed by atoms with Gasteiger partial charge in [0.15, 0.2) is 0 Å². The van der Waals surface area contributed by atoms with Crippen molar-refractivity contribution in [1.82, 2.24) is 0 Å². The van der Waals surface area contributed by atoms with E-state index in [0.29, 0.717) is 28.2 Å². The summed E-state index contributed by atoms with van der Waals surface area (Å²) in [5, 5.41) is 9.60. The van der Waals surface area contributed by atoms with Gasteiger partial charge in [-0.15, -0.1) is 0 Å². The van der Waals surface area contributed by atoms with Crippen LogP contribution < -0.4 is 0 Å². The molecule has 0 bridgehead atoms. The van der Waals surface area contributed by atoms with E-state index in [0.717, 1.165) is 23.1 Å². The van der Waals surface area contributed by atoms with Crippen molar-refractivity contribution in [3.8, 4) is 22.3 Å². The van der Waals surface area contributed by atoms with Crippen LogP contribution in [0.1, 0.15) is 55.2 Å². The molecule has 3 aromatic carbocycles. The highest BCUT2D eigenvalue weighted by molar-refractivity contribution is 5.81. The first kappa shape index (κ1) is 23.9. The average Bonchev–Trinajstić information content (AvgIpc) is 2.87. The van der Waals surface area contributed by atoms with Crippen molar-refractivity contribution in [3.05, 3.63) is 95.8 Å². The van der Waals surface area contributed by atoms with Crippen molar-refractivity contribution in [1.29, 1.82) is 0 Å². The van der Waals surface area contributed by atoms with Gasteiger partial charge in [-0.25, -0.2) is 9.18 Å². The standard InChI is InChI=1S/C30H31FO3/c1-3-30(33)34-19-27-16-25(12-13-26(27)18-32)28-15-14-24(17-29(28)31)23-10-8-22(9-11-23)21-6-4-20(2)5-7-21/h3,8-17,20-21,32H,1,4-7,18-19H2,2H3. The first-order valence-corrected chi connectivity index (χ1v) is 11.9. The molecule has 0 amide bonds. The first-order valence-electron chi connectivity index (χ1n) is 11.9. The van der Waals surface area contributed by atoms with Gasteiger partial charge in [0.05, 0.1) is 6.61 Å². The van der Waals surface area contributed by atoms with Crippen LogP contribution in [-0.4, -0.2) is 11.1 Å². The van der Waals surface area contributed by atoms with Gasteiger partial charge in [-0.2, -0.15) is 0 Å². The van der Waals surface area contributed by atoms with E-state index >= 15 is 4.39 Å². The number of aliphatic hydroxyl groups excluding tert-OH is 1. The molecule has 0 saturated heterocycles. The minimum Gasteiger partial charge on any atom is -0.458 e. The van der Waals surface area contributed by atoms with E-state index in [2.05, 4.69) is 37.8 Å². The summed E-state index contributed by atoms with van der Waals surface area (Å²) in [7, 11) is 0. The summed E-state index contributed by atoms with van der Waals surface area (Å²) in [5.74, 6) is 0.587. The lowest BCUT2D eigenvalue weighted by Crippen LogP contribution is -2.10. The maximum Gasteiger partial charge on any atom is 0.330 e. The number of hydrogen-bond donors (Lipinski definition) is 1. The minimum absolute atomic E-state index is 0.0133. The molecule has 1 fully saturated rings. The first-order chi connectivity index (χ1) is 16.5. The molecule has 1 aliphatic rings. The SMILES string of the molecule is C=CC(=O)OCc1cc(-c2ccc(-c3ccc(C4CCC(C)CC4)cc3)cc2F)ccc1CO. The highest BCUT2D eigenvalue weighted by Crippen LogP contribution is 2.36. The van der Waals surface area contributed by atoms with Crippen molar-refractivity contribution in [3.63, 3.8) is 0 Å². The molecule has 1 N–H and O–H groups in total. The monoisotopic (exact) mass is 458 g/mol. The molecule has 0 heterocycles. The Balaban J connectivity index is 1.54. The van der Waals surface area contributed by atoms with Gasteiger partial charge in [0.1, 0.15) is 12.4 Å². The van der Waals surface area contributed by atoms with Gasteiger partial charge < -0.3 is 9.84 Å². The molecule has 34 heavy (non-hydrogen) atoms. The zero-order valence-corrected chi connectivity index (χ0v) is 19.6. The number of esters is 1. The summed E-state index contributed by atoms with van der Waals surface area (Å²) < 4.78 is 20.3. The smallest absolute Gasteiger partial charge is 0.330 e. The van der Waals surface area contributed by atoms with E-state index in [1.165, 1.54) is 31.2 Å². The van der Waals surface area contributed by atoms with Gasteiger partial charge in [-0.1, -0.05) is 74.9 Å². The molecule has 4 heteroatoms. The van der Waals surface area contributed by atoms with E-state index in [1.807, 2.05) is 6.07 Å². The van der Waals surface area contributed by atoms with Gasteiger partial charge in [0, 0.05) is 11.6 Å². The third-order valence-electron chi connectivity index (χ3n) is 6.92. The summed E-state index contributed by atoms with van der Waals surface area (Å²) in [6.45, 7) is 5.50. The third kappa shape index (κ3) is 5.45. The number of aliphatic hydroxyl groups is 1.